The number of carbonyl (C=O) groups is 2. The van der Waals surface area contributed by atoms with Crippen LogP contribution in [0.25, 0.3) is 0 Å². The molecule has 0 aromatic heterocycles. The number of nitrogens with one attached hydrogen (secondary N) is 1. The van der Waals surface area contributed by atoms with E-state index in [1.165, 1.54) is 0 Å². The molecule has 0 saturated carbocycles. The lowest BCUT2D eigenvalue weighted by Crippen LogP contribution is -2.28. The summed E-state index contributed by atoms with van der Waals surface area (Å²) in [6.45, 7) is 0.488. The van der Waals surface area contributed by atoms with Crippen molar-refractivity contribution in [3.05, 3.63) is 66.2 Å². The van der Waals surface area contributed by atoms with Crippen LogP contribution >= 0.6 is 0 Å². The van der Waals surface area contributed by atoms with Crippen molar-refractivity contribution in [2.24, 2.45) is 0 Å². The van der Waals surface area contributed by atoms with Crippen LogP contribution in [0, 0.1) is 0 Å². The highest BCUT2D eigenvalue weighted by atomic mass is 16.2. The minimum Gasteiger partial charge on any atom is -0.352 e. The van der Waals surface area contributed by atoms with Gasteiger partial charge in [-0.3, -0.25) is 9.59 Å². The van der Waals surface area contributed by atoms with Crippen molar-refractivity contribution in [2.45, 2.75) is 12.8 Å². The molecule has 0 aliphatic carbocycles. The van der Waals surface area contributed by atoms with E-state index in [9.17, 15) is 9.59 Å². The van der Waals surface area contributed by atoms with Crippen molar-refractivity contribution < 1.29 is 9.59 Å². The summed E-state index contributed by atoms with van der Waals surface area (Å²) in [4.78, 5) is 25.5. The van der Waals surface area contributed by atoms with Crippen molar-refractivity contribution in [2.75, 3.05) is 18.5 Å². The van der Waals surface area contributed by atoms with Crippen LogP contribution in [0.1, 0.15) is 23.2 Å². The number of anilines is 1. The van der Waals surface area contributed by atoms with Crippen LogP contribution in [0.2, 0.25) is 0 Å². The molecule has 4 heteroatoms. The maximum atomic E-state index is 12.1. The number of benzene rings is 2. The van der Waals surface area contributed by atoms with Crippen LogP contribution in [0.15, 0.2) is 60.7 Å². The SMILES string of the molecule is CN(C(=O)CCCNC(=O)c1ccccc1)c1ccccc1. The Morgan fingerprint density at radius 1 is 0.955 bits per heavy atom. The first-order valence-electron chi connectivity index (χ1n) is 7.33. The van der Waals surface area contributed by atoms with Crippen LogP contribution in [0.4, 0.5) is 5.69 Å². The zero-order valence-corrected chi connectivity index (χ0v) is 12.7. The number of carbonyl (C=O) groups excluding carboxylic acids is 2. The van der Waals surface area contributed by atoms with Gasteiger partial charge in [0, 0.05) is 31.3 Å². The average molecular weight is 296 g/mol. The van der Waals surface area contributed by atoms with E-state index in [-0.39, 0.29) is 11.8 Å². The molecule has 2 aromatic rings. The van der Waals surface area contributed by atoms with E-state index >= 15 is 0 Å². The molecule has 114 valence electrons. The molecule has 0 bridgehead atoms. The molecular weight excluding hydrogens is 276 g/mol. The van der Waals surface area contributed by atoms with Gasteiger partial charge in [0.05, 0.1) is 0 Å². The topological polar surface area (TPSA) is 49.4 Å². The monoisotopic (exact) mass is 296 g/mol. The van der Waals surface area contributed by atoms with Gasteiger partial charge in [0.15, 0.2) is 0 Å². The third-order valence-corrected chi connectivity index (χ3v) is 3.41. The molecule has 0 unspecified atom stereocenters. The zero-order valence-electron chi connectivity index (χ0n) is 12.7. The lowest BCUT2D eigenvalue weighted by molar-refractivity contribution is -0.118. The van der Waals surface area contributed by atoms with E-state index < -0.39 is 0 Å². The summed E-state index contributed by atoms with van der Waals surface area (Å²) in [7, 11) is 1.76. The van der Waals surface area contributed by atoms with E-state index in [2.05, 4.69) is 5.32 Å². The molecule has 4 nitrogen and oxygen atoms in total. The highest BCUT2D eigenvalue weighted by Crippen LogP contribution is 2.12. The summed E-state index contributed by atoms with van der Waals surface area (Å²) in [6.07, 6.45) is 1.02. The van der Waals surface area contributed by atoms with Gasteiger partial charge in [-0.1, -0.05) is 36.4 Å². The van der Waals surface area contributed by atoms with Gasteiger partial charge in [0.25, 0.3) is 5.91 Å². The second kappa shape index (κ2) is 7.98. The maximum Gasteiger partial charge on any atom is 0.251 e. The van der Waals surface area contributed by atoms with Crippen LogP contribution in [-0.2, 0) is 4.79 Å². The Hall–Kier alpha value is -2.62. The first-order valence-corrected chi connectivity index (χ1v) is 7.33. The largest absolute Gasteiger partial charge is 0.352 e. The third-order valence-electron chi connectivity index (χ3n) is 3.41. The van der Waals surface area contributed by atoms with E-state index in [1.807, 2.05) is 48.5 Å². The number of nitrogens with zero attached hydrogens (tertiary/aromatic N) is 1. The maximum absolute atomic E-state index is 12.1. The molecule has 0 spiro atoms. The second-order valence-corrected chi connectivity index (χ2v) is 5.01. The van der Waals surface area contributed by atoms with E-state index in [0.29, 0.717) is 24.9 Å². The van der Waals surface area contributed by atoms with Crippen LogP contribution in [0.5, 0.6) is 0 Å². The number of amides is 2. The van der Waals surface area contributed by atoms with Crippen molar-refractivity contribution in [3.8, 4) is 0 Å². The molecule has 0 fully saturated rings. The summed E-state index contributed by atoms with van der Waals surface area (Å²) in [5.74, 6) is -0.0652. The smallest absolute Gasteiger partial charge is 0.251 e. The Kier molecular flexibility index (Phi) is 5.72. The highest BCUT2D eigenvalue weighted by Gasteiger charge is 2.10. The normalized spacial score (nSPS) is 10.0. The van der Waals surface area contributed by atoms with Crippen molar-refractivity contribution in [1.82, 2.24) is 5.32 Å². The van der Waals surface area contributed by atoms with Gasteiger partial charge < -0.3 is 10.2 Å². The summed E-state index contributed by atoms with van der Waals surface area (Å²) in [5.41, 5.74) is 1.51. The summed E-state index contributed by atoms with van der Waals surface area (Å²) >= 11 is 0. The molecule has 0 heterocycles. The summed E-state index contributed by atoms with van der Waals surface area (Å²) in [6, 6.07) is 18.6. The van der Waals surface area contributed by atoms with Crippen molar-refractivity contribution in [3.63, 3.8) is 0 Å². The fourth-order valence-electron chi connectivity index (χ4n) is 2.10. The quantitative estimate of drug-likeness (QED) is 0.833. The molecule has 2 aromatic carbocycles. The standard InChI is InChI=1S/C18H20N2O2/c1-20(16-11-6-3-7-12-16)17(21)13-8-14-19-18(22)15-9-4-2-5-10-15/h2-7,9-12H,8,13-14H2,1H3,(H,19,22). The van der Waals surface area contributed by atoms with Crippen LogP contribution in [0.3, 0.4) is 0 Å². The minimum absolute atomic E-state index is 0.0418. The predicted octanol–water partition coefficient (Wildman–Crippen LogP) is 2.86. The van der Waals surface area contributed by atoms with Crippen LogP contribution < -0.4 is 10.2 Å². The molecule has 0 aliphatic rings. The van der Waals surface area contributed by atoms with E-state index in [4.69, 9.17) is 0 Å². The van der Waals surface area contributed by atoms with Gasteiger partial charge in [0.1, 0.15) is 0 Å². The fraction of sp³-hybridized carbons (Fsp3) is 0.222. The molecule has 1 N–H and O–H groups in total. The molecule has 0 aliphatic heterocycles. The van der Waals surface area contributed by atoms with Crippen molar-refractivity contribution in [1.29, 1.82) is 0 Å². The zero-order chi connectivity index (χ0) is 15.8. The van der Waals surface area contributed by atoms with Gasteiger partial charge in [-0.15, -0.1) is 0 Å². The Balaban J connectivity index is 1.72. The summed E-state index contributed by atoms with van der Waals surface area (Å²) < 4.78 is 0. The third kappa shape index (κ3) is 4.45. The van der Waals surface area contributed by atoms with Gasteiger partial charge in [-0.25, -0.2) is 0 Å². The molecule has 0 atom stereocenters. The Morgan fingerprint density at radius 2 is 1.55 bits per heavy atom. The lowest BCUT2D eigenvalue weighted by Gasteiger charge is -2.17. The van der Waals surface area contributed by atoms with Gasteiger partial charge >= 0.3 is 0 Å². The Labute approximate surface area is 130 Å². The van der Waals surface area contributed by atoms with E-state index in [1.54, 1.807) is 24.1 Å². The molecular formula is C18H20N2O2. The number of hydrogen-bond acceptors (Lipinski definition) is 2. The van der Waals surface area contributed by atoms with Crippen molar-refractivity contribution >= 4 is 17.5 Å². The first kappa shape index (κ1) is 15.8. The number of rotatable bonds is 6. The Morgan fingerprint density at radius 3 is 2.18 bits per heavy atom. The fourth-order valence-corrected chi connectivity index (χ4v) is 2.10. The summed E-state index contributed by atoms with van der Waals surface area (Å²) in [5, 5.41) is 2.82. The Bertz CT molecular complexity index is 611. The number of para-hydroxylation sites is 1. The second-order valence-electron chi connectivity index (χ2n) is 5.01. The molecule has 0 radical (unpaired) electrons. The molecule has 2 rings (SSSR count). The molecule has 0 saturated heterocycles. The van der Waals surface area contributed by atoms with Gasteiger partial charge in [-0.05, 0) is 30.7 Å². The average Bonchev–Trinajstić information content (AvgIpc) is 2.59. The van der Waals surface area contributed by atoms with Crippen LogP contribution in [-0.4, -0.2) is 25.4 Å². The lowest BCUT2D eigenvalue weighted by atomic mass is 10.2. The first-order chi connectivity index (χ1) is 10.7. The van der Waals surface area contributed by atoms with Gasteiger partial charge in [0.2, 0.25) is 5.91 Å². The highest BCUT2D eigenvalue weighted by molar-refractivity contribution is 5.94. The van der Waals surface area contributed by atoms with E-state index in [0.717, 1.165) is 5.69 Å². The molecule has 22 heavy (non-hydrogen) atoms. The predicted molar refractivity (Wildman–Crippen MR) is 87.9 cm³/mol. The van der Waals surface area contributed by atoms with Gasteiger partial charge in [-0.2, -0.15) is 0 Å². The molecule has 2 amide bonds. The minimum atomic E-state index is -0.107. The number of hydrogen-bond donors (Lipinski definition) is 1.